The molecule has 1 rings (SSSR count). The predicted octanol–water partition coefficient (Wildman–Crippen LogP) is 1.59. The lowest BCUT2D eigenvalue weighted by Crippen LogP contribution is -2.23. The second kappa shape index (κ2) is 6.60. The zero-order valence-corrected chi connectivity index (χ0v) is 10.6. The number of thiazole rings is 1. The number of hydrogen-bond donors (Lipinski definition) is 2. The molecule has 0 saturated carbocycles. The number of carbonyl (C=O) groups is 1. The van der Waals surface area contributed by atoms with Crippen LogP contribution >= 0.6 is 11.3 Å². The molecular weight excluding hydrogens is 222 g/mol. The van der Waals surface area contributed by atoms with Gasteiger partial charge in [0.1, 0.15) is 0 Å². The van der Waals surface area contributed by atoms with Gasteiger partial charge < -0.3 is 11.1 Å². The molecule has 1 unspecified atom stereocenters. The summed E-state index contributed by atoms with van der Waals surface area (Å²) in [7, 11) is 0. The second-order valence-electron chi connectivity index (χ2n) is 4.00. The Hall–Kier alpha value is -0.940. The van der Waals surface area contributed by atoms with E-state index in [0.29, 0.717) is 13.0 Å². The van der Waals surface area contributed by atoms with Gasteiger partial charge in [-0.3, -0.25) is 4.79 Å². The minimum Gasteiger partial charge on any atom is -0.350 e. The van der Waals surface area contributed by atoms with Crippen LogP contribution < -0.4 is 11.1 Å². The van der Waals surface area contributed by atoms with Gasteiger partial charge in [-0.2, -0.15) is 0 Å². The van der Waals surface area contributed by atoms with E-state index in [1.165, 1.54) is 0 Å². The molecule has 3 N–H and O–H groups in total. The fourth-order valence-corrected chi connectivity index (χ4v) is 1.96. The molecule has 1 aromatic heterocycles. The average Bonchev–Trinajstić information content (AvgIpc) is 2.61. The summed E-state index contributed by atoms with van der Waals surface area (Å²) in [6.45, 7) is 4.44. The van der Waals surface area contributed by atoms with Gasteiger partial charge in [-0.25, -0.2) is 4.98 Å². The predicted molar refractivity (Wildman–Crippen MR) is 66.2 cm³/mol. The first-order valence-corrected chi connectivity index (χ1v) is 6.39. The van der Waals surface area contributed by atoms with Crippen LogP contribution in [0.1, 0.15) is 36.9 Å². The van der Waals surface area contributed by atoms with E-state index in [-0.39, 0.29) is 11.9 Å². The van der Waals surface area contributed by atoms with E-state index < -0.39 is 0 Å². The maximum absolute atomic E-state index is 11.4. The maximum atomic E-state index is 11.4. The van der Waals surface area contributed by atoms with Crippen molar-refractivity contribution in [2.24, 2.45) is 5.73 Å². The van der Waals surface area contributed by atoms with Gasteiger partial charge in [-0.05, 0) is 26.7 Å². The Balaban J connectivity index is 2.15. The minimum absolute atomic E-state index is 0.0753. The first-order chi connectivity index (χ1) is 7.58. The van der Waals surface area contributed by atoms with E-state index in [1.807, 2.05) is 19.2 Å². The number of nitrogens with one attached hydrogen (secondary N) is 1. The zero-order chi connectivity index (χ0) is 12.0. The van der Waals surface area contributed by atoms with Crippen molar-refractivity contribution in [3.05, 3.63) is 16.1 Å². The molecule has 1 aromatic rings. The molecule has 16 heavy (non-hydrogen) atoms. The molecule has 0 aliphatic carbocycles. The Morgan fingerprint density at radius 1 is 1.69 bits per heavy atom. The molecule has 0 aromatic carbocycles. The van der Waals surface area contributed by atoms with Gasteiger partial charge in [0.05, 0.1) is 17.2 Å². The Morgan fingerprint density at radius 3 is 3.00 bits per heavy atom. The average molecular weight is 241 g/mol. The largest absolute Gasteiger partial charge is 0.350 e. The number of rotatable bonds is 6. The molecule has 0 fully saturated rings. The number of hydrogen-bond acceptors (Lipinski definition) is 4. The molecular formula is C11H19N3OS. The number of nitrogens with two attached hydrogens (primary N) is 1. The Kier molecular flexibility index (Phi) is 5.42. The Bertz CT molecular complexity index is 336. The normalized spacial score (nSPS) is 12.4. The highest BCUT2D eigenvalue weighted by atomic mass is 32.1. The summed E-state index contributed by atoms with van der Waals surface area (Å²) in [4.78, 5) is 15.7. The Labute approximate surface area is 100 Å². The van der Waals surface area contributed by atoms with Crippen LogP contribution in [0.4, 0.5) is 0 Å². The van der Waals surface area contributed by atoms with Crippen LogP contribution in [0.25, 0.3) is 0 Å². The molecule has 0 saturated heterocycles. The van der Waals surface area contributed by atoms with Crippen LogP contribution in [0.2, 0.25) is 0 Å². The molecule has 0 spiro atoms. The zero-order valence-electron chi connectivity index (χ0n) is 9.82. The highest BCUT2D eigenvalue weighted by Gasteiger charge is 2.04. The molecule has 0 radical (unpaired) electrons. The van der Waals surface area contributed by atoms with Gasteiger partial charge in [0.15, 0.2) is 0 Å². The third-order valence-electron chi connectivity index (χ3n) is 2.20. The third-order valence-corrected chi connectivity index (χ3v) is 3.02. The van der Waals surface area contributed by atoms with Gasteiger partial charge in [0, 0.05) is 17.8 Å². The molecule has 5 heteroatoms. The van der Waals surface area contributed by atoms with Crippen LogP contribution in [0.3, 0.4) is 0 Å². The molecule has 0 aliphatic heterocycles. The third kappa shape index (κ3) is 5.23. The molecule has 1 amide bonds. The summed E-state index contributed by atoms with van der Waals surface area (Å²) in [5.41, 5.74) is 6.54. The summed E-state index contributed by atoms with van der Waals surface area (Å²) in [5.74, 6) is 0.0753. The van der Waals surface area contributed by atoms with E-state index in [9.17, 15) is 4.79 Å². The number of amides is 1. The molecule has 0 bridgehead atoms. The van der Waals surface area contributed by atoms with Gasteiger partial charge in [0.2, 0.25) is 5.91 Å². The summed E-state index contributed by atoms with van der Waals surface area (Å²) in [6.07, 6.45) is 2.29. The van der Waals surface area contributed by atoms with Crippen LogP contribution in [-0.4, -0.2) is 16.9 Å². The van der Waals surface area contributed by atoms with Crippen molar-refractivity contribution in [2.45, 2.75) is 45.7 Å². The van der Waals surface area contributed by atoms with Gasteiger partial charge >= 0.3 is 0 Å². The standard InChI is InChI=1S/C11H19N3OS/c1-8(12)4-3-5-11(15)13-6-10-7-16-9(2)14-10/h7-8H,3-6,12H2,1-2H3,(H,13,15). The van der Waals surface area contributed by atoms with Crippen LogP contribution in [-0.2, 0) is 11.3 Å². The summed E-state index contributed by atoms with van der Waals surface area (Å²) >= 11 is 1.60. The molecule has 90 valence electrons. The van der Waals surface area contributed by atoms with Crippen LogP contribution in [0.5, 0.6) is 0 Å². The van der Waals surface area contributed by atoms with Crippen LogP contribution in [0.15, 0.2) is 5.38 Å². The topological polar surface area (TPSA) is 68.0 Å². The lowest BCUT2D eigenvalue weighted by Gasteiger charge is -2.05. The summed E-state index contributed by atoms with van der Waals surface area (Å²) < 4.78 is 0. The fraction of sp³-hybridized carbons (Fsp3) is 0.636. The maximum Gasteiger partial charge on any atom is 0.220 e. The van der Waals surface area contributed by atoms with Gasteiger partial charge in [-0.15, -0.1) is 11.3 Å². The summed E-state index contributed by atoms with van der Waals surface area (Å²) in [5, 5.41) is 5.85. The quantitative estimate of drug-likeness (QED) is 0.794. The van der Waals surface area contributed by atoms with E-state index in [4.69, 9.17) is 5.73 Å². The number of carbonyl (C=O) groups excluding carboxylic acids is 1. The minimum atomic E-state index is 0.0753. The second-order valence-corrected chi connectivity index (χ2v) is 5.07. The smallest absolute Gasteiger partial charge is 0.220 e. The fourth-order valence-electron chi connectivity index (χ4n) is 1.35. The van der Waals surface area contributed by atoms with Crippen molar-refractivity contribution in [3.8, 4) is 0 Å². The number of aromatic nitrogens is 1. The number of nitrogens with zero attached hydrogens (tertiary/aromatic N) is 1. The lowest BCUT2D eigenvalue weighted by atomic mass is 10.1. The van der Waals surface area contributed by atoms with E-state index >= 15 is 0 Å². The lowest BCUT2D eigenvalue weighted by molar-refractivity contribution is -0.121. The number of aryl methyl sites for hydroxylation is 1. The first kappa shape index (κ1) is 13.1. The SMILES string of the molecule is Cc1nc(CNC(=O)CCCC(C)N)cs1. The van der Waals surface area contributed by atoms with Crippen molar-refractivity contribution in [2.75, 3.05) is 0 Å². The van der Waals surface area contributed by atoms with E-state index in [2.05, 4.69) is 10.3 Å². The molecule has 4 nitrogen and oxygen atoms in total. The molecule has 1 atom stereocenters. The van der Waals surface area contributed by atoms with Crippen molar-refractivity contribution in [1.82, 2.24) is 10.3 Å². The molecule has 0 aliphatic rings. The highest BCUT2D eigenvalue weighted by molar-refractivity contribution is 7.09. The monoisotopic (exact) mass is 241 g/mol. The van der Waals surface area contributed by atoms with Crippen LogP contribution in [0, 0.1) is 6.92 Å². The van der Waals surface area contributed by atoms with Gasteiger partial charge in [0.25, 0.3) is 0 Å². The van der Waals surface area contributed by atoms with E-state index in [0.717, 1.165) is 23.5 Å². The highest BCUT2D eigenvalue weighted by Crippen LogP contribution is 2.07. The first-order valence-electron chi connectivity index (χ1n) is 5.51. The Morgan fingerprint density at radius 2 is 2.44 bits per heavy atom. The molecule has 1 heterocycles. The van der Waals surface area contributed by atoms with Crippen molar-refractivity contribution < 1.29 is 4.79 Å². The summed E-state index contributed by atoms with van der Waals surface area (Å²) in [6, 6.07) is 0.175. The van der Waals surface area contributed by atoms with Gasteiger partial charge in [-0.1, -0.05) is 0 Å². The van der Waals surface area contributed by atoms with E-state index in [1.54, 1.807) is 11.3 Å². The van der Waals surface area contributed by atoms with Crippen molar-refractivity contribution >= 4 is 17.2 Å². The van der Waals surface area contributed by atoms with Crippen molar-refractivity contribution in [3.63, 3.8) is 0 Å². The van der Waals surface area contributed by atoms with Crippen molar-refractivity contribution in [1.29, 1.82) is 0 Å².